The van der Waals surface area contributed by atoms with Crippen LogP contribution >= 0.6 is 15.9 Å². The van der Waals surface area contributed by atoms with Gasteiger partial charge in [-0.1, -0.05) is 28.8 Å². The van der Waals surface area contributed by atoms with Crippen LogP contribution in [0.25, 0.3) is 0 Å². The number of halogens is 2. The van der Waals surface area contributed by atoms with Gasteiger partial charge in [0.25, 0.3) is 0 Å². The Balaban J connectivity index is 1.63. The van der Waals surface area contributed by atoms with Crippen molar-refractivity contribution in [3.05, 3.63) is 46.4 Å². The molecule has 3 nitrogen and oxygen atoms in total. The average molecular weight is 338 g/mol. The number of hydrogen-bond acceptors (Lipinski definition) is 2. The van der Waals surface area contributed by atoms with Gasteiger partial charge in [-0.2, -0.15) is 5.10 Å². The lowest BCUT2D eigenvalue weighted by Gasteiger charge is -2.09. The fourth-order valence-electron chi connectivity index (χ4n) is 2.66. The fourth-order valence-corrected chi connectivity index (χ4v) is 3.00. The molecule has 2 aromatic rings. The van der Waals surface area contributed by atoms with Crippen LogP contribution in [0.3, 0.4) is 0 Å². The number of aromatic nitrogens is 2. The maximum atomic E-state index is 13.7. The first-order chi connectivity index (χ1) is 9.72. The number of benzene rings is 1. The second-order valence-corrected chi connectivity index (χ2v) is 6.12. The topological polar surface area (TPSA) is 29.9 Å². The summed E-state index contributed by atoms with van der Waals surface area (Å²) >= 11 is 3.25. The van der Waals surface area contributed by atoms with Crippen LogP contribution in [0.1, 0.15) is 37.4 Å². The van der Waals surface area contributed by atoms with Crippen molar-refractivity contribution in [3.8, 4) is 0 Å². The smallest absolute Gasteiger partial charge is 0.147 e. The Labute approximate surface area is 126 Å². The summed E-state index contributed by atoms with van der Waals surface area (Å²) in [6.07, 6.45) is 7.06. The molecule has 1 aliphatic rings. The normalized spacial score (nSPS) is 15.7. The number of hydrogen-bond donors (Lipinski definition) is 1. The predicted octanol–water partition coefficient (Wildman–Crippen LogP) is 4.51. The van der Waals surface area contributed by atoms with Crippen LogP contribution in [-0.4, -0.2) is 9.78 Å². The molecular weight excluding hydrogens is 321 g/mol. The number of nitrogens with one attached hydrogen (secondary N) is 1. The first kappa shape index (κ1) is 13.6. The van der Waals surface area contributed by atoms with Crippen molar-refractivity contribution in [1.29, 1.82) is 0 Å². The molecule has 0 unspecified atom stereocenters. The molecule has 1 saturated carbocycles. The Bertz CT molecular complexity index is 591. The molecule has 3 rings (SSSR count). The summed E-state index contributed by atoms with van der Waals surface area (Å²) in [5.74, 6) is -0.255. The molecular formula is C15H17BrFN3. The van der Waals surface area contributed by atoms with E-state index in [-0.39, 0.29) is 5.82 Å². The van der Waals surface area contributed by atoms with E-state index in [0.717, 1.165) is 10.2 Å². The van der Waals surface area contributed by atoms with Gasteiger partial charge >= 0.3 is 0 Å². The van der Waals surface area contributed by atoms with Gasteiger partial charge in [0.05, 0.1) is 24.0 Å². The van der Waals surface area contributed by atoms with Crippen LogP contribution in [0.2, 0.25) is 0 Å². The van der Waals surface area contributed by atoms with Crippen molar-refractivity contribution in [1.82, 2.24) is 9.78 Å². The van der Waals surface area contributed by atoms with Crippen molar-refractivity contribution in [2.24, 2.45) is 0 Å². The van der Waals surface area contributed by atoms with Gasteiger partial charge in [0.1, 0.15) is 5.82 Å². The summed E-state index contributed by atoms with van der Waals surface area (Å²) in [6.45, 7) is 0.540. The molecule has 1 aliphatic carbocycles. The lowest BCUT2D eigenvalue weighted by molar-refractivity contribution is 0.463. The molecule has 0 aliphatic heterocycles. The highest BCUT2D eigenvalue weighted by Gasteiger charge is 2.17. The first-order valence-electron chi connectivity index (χ1n) is 6.95. The van der Waals surface area contributed by atoms with Crippen molar-refractivity contribution >= 4 is 21.6 Å². The van der Waals surface area contributed by atoms with Crippen molar-refractivity contribution < 1.29 is 4.39 Å². The van der Waals surface area contributed by atoms with E-state index in [1.165, 1.54) is 31.7 Å². The van der Waals surface area contributed by atoms with Gasteiger partial charge in [-0.05, 0) is 37.1 Å². The third-order valence-corrected chi connectivity index (χ3v) is 4.25. The summed E-state index contributed by atoms with van der Waals surface area (Å²) < 4.78 is 16.5. The Morgan fingerprint density at radius 1 is 1.30 bits per heavy atom. The second kappa shape index (κ2) is 5.95. The molecule has 20 heavy (non-hydrogen) atoms. The lowest BCUT2D eigenvalue weighted by Crippen LogP contribution is -2.07. The largest absolute Gasteiger partial charge is 0.377 e. The van der Waals surface area contributed by atoms with Crippen molar-refractivity contribution in [2.45, 2.75) is 38.3 Å². The van der Waals surface area contributed by atoms with Gasteiger partial charge in [-0.3, -0.25) is 4.68 Å². The standard InChI is InChI=1S/C15H17BrFN3/c16-11-5-6-15(14(17)9-11)18-10-12-7-8-20(19-12)13-3-1-2-4-13/h5-9,13,18H,1-4,10H2. The van der Waals surface area contributed by atoms with E-state index < -0.39 is 0 Å². The zero-order valence-electron chi connectivity index (χ0n) is 11.1. The molecule has 1 heterocycles. The summed E-state index contributed by atoms with van der Waals surface area (Å²) in [5.41, 5.74) is 1.45. The zero-order chi connectivity index (χ0) is 13.9. The van der Waals surface area contributed by atoms with Crippen LogP contribution < -0.4 is 5.32 Å². The minimum absolute atomic E-state index is 0.255. The molecule has 5 heteroatoms. The third kappa shape index (κ3) is 3.03. The molecule has 1 N–H and O–H groups in total. The van der Waals surface area contributed by atoms with E-state index in [2.05, 4.69) is 31.0 Å². The van der Waals surface area contributed by atoms with Gasteiger partial charge in [-0.15, -0.1) is 0 Å². The van der Waals surface area contributed by atoms with Gasteiger partial charge < -0.3 is 5.32 Å². The number of anilines is 1. The van der Waals surface area contributed by atoms with Crippen LogP contribution in [0.5, 0.6) is 0 Å². The maximum absolute atomic E-state index is 13.7. The van der Waals surface area contributed by atoms with Crippen LogP contribution in [0.4, 0.5) is 10.1 Å². The van der Waals surface area contributed by atoms with Crippen molar-refractivity contribution in [3.63, 3.8) is 0 Å². The molecule has 0 amide bonds. The average Bonchev–Trinajstić information content (AvgIpc) is 3.08. The van der Waals surface area contributed by atoms with Crippen LogP contribution in [0.15, 0.2) is 34.9 Å². The van der Waals surface area contributed by atoms with Gasteiger partial charge in [0.2, 0.25) is 0 Å². The van der Waals surface area contributed by atoms with Crippen LogP contribution in [0, 0.1) is 5.82 Å². The van der Waals surface area contributed by atoms with E-state index in [4.69, 9.17) is 0 Å². The Morgan fingerprint density at radius 3 is 2.85 bits per heavy atom. The molecule has 1 fully saturated rings. The molecule has 0 radical (unpaired) electrons. The molecule has 0 bridgehead atoms. The monoisotopic (exact) mass is 337 g/mol. The van der Waals surface area contributed by atoms with Crippen LogP contribution in [-0.2, 0) is 6.54 Å². The Morgan fingerprint density at radius 2 is 2.10 bits per heavy atom. The summed E-state index contributed by atoms with van der Waals surface area (Å²) in [4.78, 5) is 0. The highest BCUT2D eigenvalue weighted by Crippen LogP contribution is 2.28. The fraction of sp³-hybridized carbons (Fsp3) is 0.400. The zero-order valence-corrected chi connectivity index (χ0v) is 12.7. The summed E-state index contributed by atoms with van der Waals surface area (Å²) in [6, 6.07) is 7.56. The third-order valence-electron chi connectivity index (χ3n) is 3.75. The minimum Gasteiger partial charge on any atom is -0.377 e. The molecule has 0 saturated heterocycles. The van der Waals surface area contributed by atoms with E-state index in [9.17, 15) is 4.39 Å². The lowest BCUT2D eigenvalue weighted by atomic mass is 10.3. The Hall–Kier alpha value is -1.36. The highest BCUT2D eigenvalue weighted by atomic mass is 79.9. The molecule has 1 aromatic heterocycles. The summed E-state index contributed by atoms with van der Waals surface area (Å²) in [7, 11) is 0. The Kier molecular flexibility index (Phi) is 4.05. The minimum atomic E-state index is -0.255. The van der Waals surface area contributed by atoms with E-state index in [1.807, 2.05) is 18.3 Å². The van der Waals surface area contributed by atoms with E-state index in [0.29, 0.717) is 18.3 Å². The van der Waals surface area contributed by atoms with Crippen molar-refractivity contribution in [2.75, 3.05) is 5.32 Å². The first-order valence-corrected chi connectivity index (χ1v) is 7.74. The molecule has 0 atom stereocenters. The van der Waals surface area contributed by atoms with Gasteiger partial charge in [0, 0.05) is 10.7 Å². The molecule has 1 aromatic carbocycles. The van der Waals surface area contributed by atoms with E-state index in [1.54, 1.807) is 6.07 Å². The number of nitrogens with zero attached hydrogens (tertiary/aromatic N) is 2. The van der Waals surface area contributed by atoms with Gasteiger partial charge in [-0.25, -0.2) is 4.39 Å². The quantitative estimate of drug-likeness (QED) is 0.889. The SMILES string of the molecule is Fc1cc(Br)ccc1NCc1ccn(C2CCCC2)n1. The maximum Gasteiger partial charge on any atom is 0.147 e. The molecule has 0 spiro atoms. The highest BCUT2D eigenvalue weighted by molar-refractivity contribution is 9.10. The number of rotatable bonds is 4. The predicted molar refractivity (Wildman–Crippen MR) is 81.2 cm³/mol. The summed E-state index contributed by atoms with van der Waals surface area (Å²) in [5, 5.41) is 7.67. The second-order valence-electron chi connectivity index (χ2n) is 5.20. The van der Waals surface area contributed by atoms with E-state index >= 15 is 0 Å². The molecule has 106 valence electrons. The van der Waals surface area contributed by atoms with Gasteiger partial charge in [0.15, 0.2) is 0 Å².